The van der Waals surface area contributed by atoms with Crippen molar-refractivity contribution in [1.29, 1.82) is 0 Å². The summed E-state index contributed by atoms with van der Waals surface area (Å²) in [5.41, 5.74) is 6.51. The second-order valence-corrected chi connectivity index (χ2v) is 4.33. The topological polar surface area (TPSA) is 76.2 Å². The highest BCUT2D eigenvalue weighted by atomic mass is 35.5. The van der Waals surface area contributed by atoms with Gasteiger partial charge in [-0.2, -0.15) is 0 Å². The number of halogens is 2. The Morgan fingerprint density at radius 3 is 2.56 bits per heavy atom. The number of nitrogen functional groups attached to an aromatic ring is 1. The highest BCUT2D eigenvalue weighted by molar-refractivity contribution is 6.36. The number of hydrogen-bond acceptors (Lipinski definition) is 3. The number of anilines is 1. The monoisotopic (exact) mass is 282 g/mol. The summed E-state index contributed by atoms with van der Waals surface area (Å²) >= 11 is 11.8. The first kappa shape index (κ1) is 12.7. The molecule has 2 aromatic rings. The van der Waals surface area contributed by atoms with Gasteiger partial charge in [-0.1, -0.05) is 41.4 Å². The molecule has 0 saturated carbocycles. The minimum absolute atomic E-state index is 0.0710. The van der Waals surface area contributed by atoms with Gasteiger partial charge >= 0.3 is 5.97 Å². The molecule has 0 spiro atoms. The van der Waals surface area contributed by atoms with E-state index in [2.05, 4.69) is 4.98 Å². The highest BCUT2D eigenvalue weighted by Gasteiger charge is 2.16. The number of nitrogens with two attached hydrogens (primary N) is 1. The lowest BCUT2D eigenvalue weighted by molar-refractivity contribution is 0.0691. The molecule has 1 aromatic heterocycles. The first-order valence-electron chi connectivity index (χ1n) is 4.95. The van der Waals surface area contributed by atoms with E-state index in [1.165, 1.54) is 6.07 Å². The molecule has 0 aliphatic carbocycles. The number of hydrogen-bond donors (Lipinski definition) is 2. The van der Waals surface area contributed by atoms with Crippen LogP contribution in [0.5, 0.6) is 0 Å². The molecule has 6 heteroatoms. The van der Waals surface area contributed by atoms with Crippen molar-refractivity contribution in [2.75, 3.05) is 5.73 Å². The lowest BCUT2D eigenvalue weighted by atomic mass is 10.1. The molecule has 0 atom stereocenters. The SMILES string of the molecule is Nc1cc(-c2ccccc2Cl)nc(C(=O)O)c1Cl. The average Bonchev–Trinajstić information content (AvgIpc) is 2.33. The molecule has 4 nitrogen and oxygen atoms in total. The third kappa shape index (κ3) is 2.25. The first-order chi connectivity index (χ1) is 8.50. The zero-order chi connectivity index (χ0) is 13.3. The molecule has 1 aromatic carbocycles. The van der Waals surface area contributed by atoms with Crippen LogP contribution in [-0.2, 0) is 0 Å². The number of aromatic carboxylic acids is 1. The molecule has 3 N–H and O–H groups in total. The molecule has 18 heavy (non-hydrogen) atoms. The first-order valence-corrected chi connectivity index (χ1v) is 5.70. The molecule has 0 saturated heterocycles. The fourth-order valence-corrected chi connectivity index (χ4v) is 1.91. The van der Waals surface area contributed by atoms with E-state index in [4.69, 9.17) is 34.0 Å². The Morgan fingerprint density at radius 1 is 1.28 bits per heavy atom. The second kappa shape index (κ2) is 4.84. The van der Waals surface area contributed by atoms with Crippen LogP contribution in [0.1, 0.15) is 10.5 Å². The van der Waals surface area contributed by atoms with Crippen molar-refractivity contribution in [3.05, 3.63) is 46.1 Å². The Balaban J connectivity index is 2.67. The smallest absolute Gasteiger partial charge is 0.356 e. The molecule has 0 unspecified atom stereocenters. The molecule has 0 aliphatic rings. The summed E-state index contributed by atoms with van der Waals surface area (Å²) in [5, 5.41) is 9.39. The molecule has 0 fully saturated rings. The van der Waals surface area contributed by atoms with Gasteiger partial charge in [-0.15, -0.1) is 0 Å². The van der Waals surface area contributed by atoms with Crippen LogP contribution in [0.3, 0.4) is 0 Å². The van der Waals surface area contributed by atoms with E-state index in [1.54, 1.807) is 24.3 Å². The van der Waals surface area contributed by atoms with E-state index < -0.39 is 5.97 Å². The molecular weight excluding hydrogens is 275 g/mol. The number of carboxylic acid groups (broad SMARTS) is 1. The van der Waals surface area contributed by atoms with Gasteiger partial charge in [-0.25, -0.2) is 9.78 Å². The van der Waals surface area contributed by atoms with Gasteiger partial charge in [0.2, 0.25) is 0 Å². The average molecular weight is 283 g/mol. The Hall–Kier alpha value is -1.78. The quantitative estimate of drug-likeness (QED) is 0.886. The van der Waals surface area contributed by atoms with E-state index >= 15 is 0 Å². The lowest BCUT2D eigenvalue weighted by Gasteiger charge is -2.08. The summed E-state index contributed by atoms with van der Waals surface area (Å²) in [6, 6.07) is 8.45. The maximum atomic E-state index is 11.0. The van der Waals surface area contributed by atoms with Gasteiger partial charge < -0.3 is 10.8 Å². The number of rotatable bonds is 2. The van der Waals surface area contributed by atoms with Crippen molar-refractivity contribution in [3.8, 4) is 11.3 Å². The Morgan fingerprint density at radius 2 is 1.94 bits per heavy atom. The Kier molecular flexibility index (Phi) is 3.41. The Bertz CT molecular complexity index is 629. The van der Waals surface area contributed by atoms with Gasteiger partial charge in [0.05, 0.1) is 16.4 Å². The number of benzene rings is 1. The highest BCUT2D eigenvalue weighted by Crippen LogP contribution is 2.31. The summed E-state index contributed by atoms with van der Waals surface area (Å²) in [4.78, 5) is 15.0. The summed E-state index contributed by atoms with van der Waals surface area (Å²) in [7, 11) is 0. The summed E-state index contributed by atoms with van der Waals surface area (Å²) in [5.74, 6) is -1.24. The zero-order valence-electron chi connectivity index (χ0n) is 9.02. The minimum atomic E-state index is -1.24. The van der Waals surface area contributed by atoms with Gasteiger partial charge in [-0.05, 0) is 12.1 Å². The fourth-order valence-electron chi connectivity index (χ4n) is 1.50. The molecule has 0 amide bonds. The molecule has 0 radical (unpaired) electrons. The molecular formula is C12H8Cl2N2O2. The van der Waals surface area contributed by atoms with Crippen LogP contribution >= 0.6 is 23.2 Å². The van der Waals surface area contributed by atoms with E-state index in [9.17, 15) is 4.79 Å². The van der Waals surface area contributed by atoms with Crippen molar-refractivity contribution in [2.24, 2.45) is 0 Å². The van der Waals surface area contributed by atoms with Gasteiger partial charge in [0.25, 0.3) is 0 Å². The minimum Gasteiger partial charge on any atom is -0.476 e. The molecule has 2 rings (SSSR count). The van der Waals surface area contributed by atoms with Crippen molar-refractivity contribution < 1.29 is 9.90 Å². The van der Waals surface area contributed by atoms with Crippen molar-refractivity contribution in [1.82, 2.24) is 4.98 Å². The van der Waals surface area contributed by atoms with Gasteiger partial charge in [0, 0.05) is 10.6 Å². The summed E-state index contributed by atoms with van der Waals surface area (Å²) < 4.78 is 0. The molecule has 92 valence electrons. The summed E-state index contributed by atoms with van der Waals surface area (Å²) in [6.07, 6.45) is 0. The number of nitrogens with zero attached hydrogens (tertiary/aromatic N) is 1. The van der Waals surface area contributed by atoms with Crippen LogP contribution in [0.2, 0.25) is 10.0 Å². The van der Waals surface area contributed by atoms with E-state index in [0.717, 1.165) is 0 Å². The van der Waals surface area contributed by atoms with Gasteiger partial charge in [0.15, 0.2) is 5.69 Å². The van der Waals surface area contributed by atoms with Crippen molar-refractivity contribution in [2.45, 2.75) is 0 Å². The van der Waals surface area contributed by atoms with Crippen molar-refractivity contribution >= 4 is 34.9 Å². The van der Waals surface area contributed by atoms with Crippen LogP contribution in [0, 0.1) is 0 Å². The number of pyridine rings is 1. The lowest BCUT2D eigenvalue weighted by Crippen LogP contribution is -2.05. The fraction of sp³-hybridized carbons (Fsp3) is 0. The third-order valence-electron chi connectivity index (χ3n) is 2.34. The zero-order valence-corrected chi connectivity index (χ0v) is 10.5. The molecule has 0 aliphatic heterocycles. The predicted molar refractivity (Wildman–Crippen MR) is 71.1 cm³/mol. The largest absolute Gasteiger partial charge is 0.476 e. The molecule has 1 heterocycles. The van der Waals surface area contributed by atoms with Gasteiger partial charge in [0.1, 0.15) is 0 Å². The Labute approximate surface area is 113 Å². The van der Waals surface area contributed by atoms with E-state index in [1.807, 2.05) is 0 Å². The van der Waals surface area contributed by atoms with Gasteiger partial charge in [-0.3, -0.25) is 0 Å². The normalized spacial score (nSPS) is 10.3. The maximum absolute atomic E-state index is 11.0. The maximum Gasteiger partial charge on any atom is 0.356 e. The predicted octanol–water partition coefficient (Wildman–Crippen LogP) is 3.34. The number of aromatic nitrogens is 1. The van der Waals surface area contributed by atoms with Crippen LogP contribution in [0.25, 0.3) is 11.3 Å². The third-order valence-corrected chi connectivity index (χ3v) is 3.07. The van der Waals surface area contributed by atoms with Crippen molar-refractivity contribution in [3.63, 3.8) is 0 Å². The molecule has 0 bridgehead atoms. The second-order valence-electron chi connectivity index (χ2n) is 3.54. The van der Waals surface area contributed by atoms with Crippen LogP contribution in [-0.4, -0.2) is 16.1 Å². The number of carbonyl (C=O) groups is 1. The van der Waals surface area contributed by atoms with Crippen LogP contribution < -0.4 is 5.73 Å². The van der Waals surface area contributed by atoms with Crippen LogP contribution in [0.4, 0.5) is 5.69 Å². The van der Waals surface area contributed by atoms with Crippen LogP contribution in [0.15, 0.2) is 30.3 Å². The van der Waals surface area contributed by atoms with E-state index in [-0.39, 0.29) is 16.4 Å². The summed E-state index contributed by atoms with van der Waals surface area (Å²) in [6.45, 7) is 0. The van der Waals surface area contributed by atoms with E-state index in [0.29, 0.717) is 16.3 Å². The standard InChI is InChI=1S/C12H8Cl2N2O2/c13-7-4-2-1-3-6(7)9-5-8(15)10(14)11(16-9)12(17)18/h1-5H,(H2,15,16)(H,17,18). The number of carboxylic acids is 1.